The van der Waals surface area contributed by atoms with Gasteiger partial charge in [0.1, 0.15) is 22.8 Å². The molecule has 0 fully saturated rings. The minimum absolute atomic E-state index is 0.00953. The van der Waals surface area contributed by atoms with E-state index in [4.69, 9.17) is 10.5 Å². The van der Waals surface area contributed by atoms with Gasteiger partial charge in [-0.1, -0.05) is 13.8 Å². The number of ether oxygens (including phenoxy) is 1. The maximum absolute atomic E-state index is 14.0. The molecule has 4 atom stereocenters. The van der Waals surface area contributed by atoms with Gasteiger partial charge in [-0.05, 0) is 50.4 Å². The van der Waals surface area contributed by atoms with Gasteiger partial charge < -0.3 is 41.1 Å². The van der Waals surface area contributed by atoms with Crippen molar-refractivity contribution >= 4 is 29.3 Å². The van der Waals surface area contributed by atoms with Crippen LogP contribution in [0.4, 0.5) is 10.5 Å². The highest BCUT2D eigenvalue weighted by Gasteiger charge is 2.63. The predicted octanol–water partition coefficient (Wildman–Crippen LogP) is 1.07. The van der Waals surface area contributed by atoms with E-state index in [2.05, 4.69) is 5.32 Å². The average molecular weight is 587 g/mol. The molecule has 2 amide bonds. The van der Waals surface area contributed by atoms with Crippen LogP contribution in [0.25, 0.3) is 0 Å². The summed E-state index contributed by atoms with van der Waals surface area (Å²) in [7, 11) is 6.65. The number of allylic oxidation sites excluding steroid dienone is 1. The van der Waals surface area contributed by atoms with Gasteiger partial charge in [0.15, 0.2) is 11.4 Å². The number of anilines is 1. The van der Waals surface area contributed by atoms with Crippen molar-refractivity contribution in [3.05, 3.63) is 45.4 Å². The summed E-state index contributed by atoms with van der Waals surface area (Å²) in [6.45, 7) is 3.79. The zero-order chi connectivity index (χ0) is 31.4. The summed E-state index contributed by atoms with van der Waals surface area (Å²) in [5.74, 6) is -7.05. The number of ketones is 2. The third-order valence-corrected chi connectivity index (χ3v) is 8.23. The number of Topliss-reactive ketones (excluding diaryl/α,β-unsaturated/α-hetero) is 2. The zero-order valence-electron chi connectivity index (χ0n) is 24.5. The number of likely N-dealkylation sites (N-methyl/N-ethyl adjacent to an activating group) is 1. The number of phenolic OH excluding ortho intramolecular Hbond substituents is 1. The van der Waals surface area contributed by atoms with Crippen molar-refractivity contribution in [3.63, 3.8) is 0 Å². The number of phenols is 1. The van der Waals surface area contributed by atoms with Crippen molar-refractivity contribution in [2.45, 2.75) is 44.9 Å². The molecule has 0 spiro atoms. The maximum Gasteiger partial charge on any atom is 0.407 e. The lowest BCUT2D eigenvalue weighted by molar-refractivity contribution is -0.148. The van der Waals surface area contributed by atoms with Crippen LogP contribution in [0.5, 0.6) is 5.75 Å². The summed E-state index contributed by atoms with van der Waals surface area (Å²) >= 11 is 0. The van der Waals surface area contributed by atoms with E-state index in [-0.39, 0.29) is 48.6 Å². The number of aromatic hydroxyl groups is 1. The van der Waals surface area contributed by atoms with Gasteiger partial charge in [-0.2, -0.15) is 0 Å². The number of hydrogen-bond acceptors (Lipinski definition) is 11. The van der Waals surface area contributed by atoms with Crippen LogP contribution < -0.4 is 16.0 Å². The number of carbonyl (C=O) groups is 4. The second-order valence-electron chi connectivity index (χ2n) is 12.0. The Bertz CT molecular complexity index is 1430. The molecule has 0 radical (unpaired) electrons. The standard InChI is InChI=1S/C29H38N4O9/c1-12(2)11-42-28(40)31-10-14-9-17(32(3)4)15-7-13-8-16-21(33(5)6)24(36)20(27(30)39)26(38)29(16,41)25(37)18(13)23(35)19(15)22(14)34/h9,12-13,16,21,34,36-37,41H,7-8,10-11H2,1-6H3,(H2,30,39)(H,31,40)/t13-,16-,21-,29-/m0/s1. The van der Waals surface area contributed by atoms with Gasteiger partial charge in [0, 0.05) is 43.4 Å². The van der Waals surface area contributed by atoms with Crippen molar-refractivity contribution in [3.8, 4) is 5.75 Å². The van der Waals surface area contributed by atoms with E-state index in [1.54, 1.807) is 39.2 Å². The molecule has 0 saturated carbocycles. The Labute approximate surface area is 243 Å². The Morgan fingerprint density at radius 3 is 2.36 bits per heavy atom. The van der Waals surface area contributed by atoms with E-state index >= 15 is 0 Å². The number of hydrogen-bond donors (Lipinski definition) is 6. The number of rotatable bonds is 7. The van der Waals surface area contributed by atoms with E-state index < -0.39 is 69.9 Å². The summed E-state index contributed by atoms with van der Waals surface area (Å²) in [4.78, 5) is 55.1. The van der Waals surface area contributed by atoms with Gasteiger partial charge in [-0.25, -0.2) is 4.79 Å². The third kappa shape index (κ3) is 4.75. The van der Waals surface area contributed by atoms with Crippen LogP contribution in [0, 0.1) is 17.8 Å². The number of carbonyl (C=O) groups excluding carboxylic acids is 4. The molecule has 13 heteroatoms. The lowest BCUT2D eigenvalue weighted by atomic mass is 9.58. The van der Waals surface area contributed by atoms with Gasteiger partial charge in [0.2, 0.25) is 5.78 Å². The smallest absolute Gasteiger partial charge is 0.407 e. The number of primary amides is 1. The highest BCUT2D eigenvalue weighted by molar-refractivity contribution is 6.25. The average Bonchev–Trinajstić information content (AvgIpc) is 2.88. The van der Waals surface area contributed by atoms with Crippen LogP contribution in [0.2, 0.25) is 0 Å². The van der Waals surface area contributed by atoms with Crippen molar-refractivity contribution in [1.82, 2.24) is 10.2 Å². The van der Waals surface area contributed by atoms with Crippen LogP contribution >= 0.6 is 0 Å². The summed E-state index contributed by atoms with van der Waals surface area (Å²) in [5.41, 5.74) is 2.70. The highest BCUT2D eigenvalue weighted by Crippen LogP contribution is 2.53. The normalized spacial score (nSPS) is 25.3. The first-order valence-corrected chi connectivity index (χ1v) is 13.6. The number of alkyl carbamates (subject to hydrolysis) is 1. The molecule has 0 heterocycles. The molecule has 0 aliphatic heterocycles. The van der Waals surface area contributed by atoms with E-state index in [1.165, 1.54) is 4.90 Å². The fourth-order valence-electron chi connectivity index (χ4n) is 6.35. The molecule has 42 heavy (non-hydrogen) atoms. The Morgan fingerprint density at radius 1 is 1.17 bits per heavy atom. The number of nitrogens with zero attached hydrogens (tertiary/aromatic N) is 2. The number of aliphatic hydroxyl groups excluding tert-OH is 2. The van der Waals surface area contributed by atoms with Crippen molar-refractivity contribution in [1.29, 1.82) is 0 Å². The minimum Gasteiger partial charge on any atom is -0.510 e. The van der Waals surface area contributed by atoms with Crippen LogP contribution in [0.1, 0.15) is 41.8 Å². The highest BCUT2D eigenvalue weighted by atomic mass is 16.5. The summed E-state index contributed by atoms with van der Waals surface area (Å²) in [6.07, 6.45) is -0.559. The monoisotopic (exact) mass is 586 g/mol. The largest absolute Gasteiger partial charge is 0.510 e. The van der Waals surface area contributed by atoms with Gasteiger partial charge >= 0.3 is 6.09 Å². The molecule has 7 N–H and O–H groups in total. The Balaban J connectivity index is 1.84. The summed E-state index contributed by atoms with van der Waals surface area (Å²) in [6, 6.07) is 0.583. The Kier molecular flexibility index (Phi) is 8.04. The number of fused-ring (bicyclic) bond motifs is 3. The molecule has 0 unspecified atom stereocenters. The molecule has 4 rings (SSSR count). The van der Waals surface area contributed by atoms with Crippen molar-refractivity contribution in [2.75, 3.05) is 39.7 Å². The fraction of sp³-hybridized carbons (Fsp3) is 0.517. The van der Waals surface area contributed by atoms with Crippen LogP contribution in [-0.2, 0) is 27.3 Å². The first kappa shape index (κ1) is 30.8. The second-order valence-corrected chi connectivity index (χ2v) is 12.0. The van der Waals surface area contributed by atoms with Gasteiger partial charge in [-0.3, -0.25) is 19.3 Å². The maximum atomic E-state index is 14.0. The van der Waals surface area contributed by atoms with Crippen LogP contribution in [0.3, 0.4) is 0 Å². The fourth-order valence-corrected chi connectivity index (χ4v) is 6.35. The number of amides is 2. The Morgan fingerprint density at radius 2 is 1.81 bits per heavy atom. The van der Waals surface area contributed by atoms with Crippen molar-refractivity contribution in [2.24, 2.45) is 23.5 Å². The number of aliphatic hydroxyl groups is 3. The van der Waals surface area contributed by atoms with Crippen molar-refractivity contribution < 1.29 is 44.3 Å². The second kappa shape index (κ2) is 11.0. The SMILES string of the molecule is CC(C)COC(=O)NCc1cc(N(C)C)c2c(c1O)C(=O)C1=C(O)[C@]3(O)C(=O)C(C(N)=O)=C(O)[C@@H](N(C)C)[C@@H]3C[C@@H]1C2. The van der Waals surface area contributed by atoms with E-state index in [0.717, 1.165) is 0 Å². The summed E-state index contributed by atoms with van der Waals surface area (Å²) < 4.78 is 5.12. The van der Waals surface area contributed by atoms with Gasteiger partial charge in [-0.15, -0.1) is 0 Å². The van der Waals surface area contributed by atoms with E-state index in [0.29, 0.717) is 11.3 Å². The molecule has 1 aromatic rings. The predicted molar refractivity (Wildman–Crippen MR) is 151 cm³/mol. The number of benzene rings is 1. The number of nitrogens with one attached hydrogen (secondary N) is 1. The van der Waals surface area contributed by atoms with Crippen LogP contribution in [-0.4, -0.2) is 95.3 Å². The lowest BCUT2D eigenvalue weighted by Gasteiger charge is -2.50. The van der Waals surface area contributed by atoms with Gasteiger partial charge in [0.05, 0.1) is 18.2 Å². The third-order valence-electron chi connectivity index (χ3n) is 8.23. The molecule has 0 aromatic heterocycles. The van der Waals surface area contributed by atoms with Gasteiger partial charge in [0.25, 0.3) is 5.91 Å². The van der Waals surface area contributed by atoms with Crippen LogP contribution in [0.15, 0.2) is 28.7 Å². The quantitative estimate of drug-likeness (QED) is 0.249. The zero-order valence-corrected chi connectivity index (χ0v) is 24.5. The molecule has 0 bridgehead atoms. The number of nitrogens with two attached hydrogens (primary N) is 1. The molecule has 1 aromatic carbocycles. The molecule has 3 aliphatic carbocycles. The van der Waals surface area contributed by atoms with E-state index in [1.807, 2.05) is 13.8 Å². The summed E-state index contributed by atoms with van der Waals surface area (Å²) in [5, 5.41) is 47.9. The molecule has 13 nitrogen and oxygen atoms in total. The molecule has 0 saturated heterocycles. The molecule has 228 valence electrons. The molecular weight excluding hydrogens is 548 g/mol. The lowest BCUT2D eigenvalue weighted by Crippen LogP contribution is -2.63. The molecule has 3 aliphatic rings. The Hall–Kier alpha value is -4.10. The molecular formula is C29H38N4O9. The first-order valence-electron chi connectivity index (χ1n) is 13.6. The van der Waals surface area contributed by atoms with E-state index in [9.17, 15) is 39.6 Å². The first-order chi connectivity index (χ1) is 19.5. The minimum atomic E-state index is -2.72. The topological polar surface area (TPSA) is 203 Å².